The highest BCUT2D eigenvalue weighted by atomic mass is 32.2. The number of hydrogen-bond donors (Lipinski definition) is 8. The number of aromatic hydroxyl groups is 2. The number of rotatable bonds is 8. The summed E-state index contributed by atoms with van der Waals surface area (Å²) in [4.78, 5) is 38.1. The number of hydrogen-bond acceptors (Lipinski definition) is 9. The molecule has 15 nitrogen and oxygen atoms in total. The third-order valence-corrected chi connectivity index (χ3v) is 10.3. The van der Waals surface area contributed by atoms with Crippen LogP contribution >= 0.6 is 0 Å². The SMILES string of the molecule is Cc1cc(C(=O)Nc2ccc3cccc(S(=O)(=O)O)c3c2O)ccc1NC(=O)Nc1ccc(C(=O)Nc2ccc3cccc(S(=O)(=O)O)c3c2O)cc1C. The van der Waals surface area contributed by atoms with E-state index in [9.17, 15) is 50.5 Å². The fourth-order valence-corrected chi connectivity index (χ4v) is 7.29. The molecule has 0 saturated heterocycles. The molecule has 6 rings (SSSR count). The highest BCUT2D eigenvalue weighted by Crippen LogP contribution is 2.38. The van der Waals surface area contributed by atoms with Crippen LogP contribution in [0.4, 0.5) is 27.5 Å². The highest BCUT2D eigenvalue weighted by Gasteiger charge is 2.22. The molecule has 0 bridgehead atoms. The van der Waals surface area contributed by atoms with Crippen molar-refractivity contribution in [2.45, 2.75) is 23.6 Å². The lowest BCUT2D eigenvalue weighted by molar-refractivity contribution is 0.101. The lowest BCUT2D eigenvalue weighted by Gasteiger charge is -2.15. The lowest BCUT2D eigenvalue weighted by Crippen LogP contribution is -2.21. The predicted octanol–water partition coefficient (Wildman–Crippen LogP) is 6.66. The maximum atomic E-state index is 13.1. The van der Waals surface area contributed by atoms with Gasteiger partial charge in [0, 0.05) is 33.3 Å². The number of aryl methyl sites for hydroxylation is 2. The average molecular weight is 771 g/mol. The molecule has 0 aliphatic heterocycles. The Kier molecular flexibility index (Phi) is 9.74. The van der Waals surface area contributed by atoms with Crippen LogP contribution in [0, 0.1) is 13.8 Å². The van der Waals surface area contributed by atoms with Crippen LogP contribution in [0.1, 0.15) is 31.8 Å². The predicted molar refractivity (Wildman–Crippen MR) is 202 cm³/mol. The van der Waals surface area contributed by atoms with Crippen molar-refractivity contribution in [3.05, 3.63) is 119 Å². The molecular formula is C37H30N4O11S2. The Morgan fingerprint density at radius 1 is 0.500 bits per heavy atom. The van der Waals surface area contributed by atoms with Gasteiger partial charge in [0.25, 0.3) is 32.1 Å². The Labute approximate surface area is 307 Å². The monoisotopic (exact) mass is 770 g/mol. The summed E-state index contributed by atoms with van der Waals surface area (Å²) in [7, 11) is -9.35. The van der Waals surface area contributed by atoms with E-state index in [2.05, 4.69) is 21.3 Å². The number of nitrogens with one attached hydrogen (secondary N) is 4. The summed E-state index contributed by atoms with van der Waals surface area (Å²) in [5.41, 5.74) is 1.83. The minimum atomic E-state index is -4.68. The molecule has 54 heavy (non-hydrogen) atoms. The summed E-state index contributed by atoms with van der Waals surface area (Å²) in [5.74, 6) is -2.39. The van der Waals surface area contributed by atoms with Crippen LogP contribution in [0.3, 0.4) is 0 Å². The molecule has 6 aromatic carbocycles. The number of phenolic OH excluding ortho intramolecular Hbond substituents is 2. The number of benzene rings is 6. The van der Waals surface area contributed by atoms with E-state index in [0.717, 1.165) is 12.1 Å². The van der Waals surface area contributed by atoms with E-state index in [1.54, 1.807) is 13.8 Å². The smallest absolute Gasteiger partial charge is 0.323 e. The lowest BCUT2D eigenvalue weighted by atomic mass is 10.1. The Morgan fingerprint density at radius 3 is 1.22 bits per heavy atom. The van der Waals surface area contributed by atoms with Crippen molar-refractivity contribution in [2.75, 3.05) is 21.3 Å². The molecule has 0 atom stereocenters. The fourth-order valence-electron chi connectivity index (χ4n) is 5.84. The number of carbonyl (C=O) groups is 3. The van der Waals surface area contributed by atoms with E-state index in [4.69, 9.17) is 0 Å². The van der Waals surface area contributed by atoms with Crippen molar-refractivity contribution in [3.8, 4) is 11.5 Å². The quantitative estimate of drug-likeness (QED) is 0.0600. The maximum Gasteiger partial charge on any atom is 0.323 e. The first-order chi connectivity index (χ1) is 25.4. The van der Waals surface area contributed by atoms with Crippen LogP contribution in [-0.2, 0) is 20.2 Å². The first-order valence-corrected chi connectivity index (χ1v) is 18.7. The minimum Gasteiger partial charge on any atom is -0.505 e. The number of amides is 4. The van der Waals surface area contributed by atoms with Gasteiger partial charge in [0.05, 0.1) is 11.4 Å². The number of carbonyl (C=O) groups excluding carboxylic acids is 3. The summed E-state index contributed by atoms with van der Waals surface area (Å²) in [6.07, 6.45) is 0. The number of urea groups is 1. The first-order valence-electron chi connectivity index (χ1n) is 15.8. The summed E-state index contributed by atoms with van der Waals surface area (Å²) >= 11 is 0. The van der Waals surface area contributed by atoms with Gasteiger partial charge in [-0.2, -0.15) is 16.8 Å². The standard InChI is InChI=1S/C37H30N4O11S2/c1-19-17-23(35(44)38-27-15-9-21-5-3-7-29(53(47,48)49)31(21)33(27)42)11-13-25(19)40-37(46)41-26-14-12-24(18-20(26)2)36(45)39-28-16-10-22-6-4-8-30(54(50,51)52)32(22)34(28)43/h3-18,42-43H,1-2H3,(H,38,44)(H,39,45)(H2,40,41,46)(H,47,48,49)(H,50,51,52). The molecule has 0 radical (unpaired) electrons. The van der Waals surface area contributed by atoms with Crippen molar-refractivity contribution in [3.63, 3.8) is 0 Å². The Bertz CT molecular complexity index is 2600. The van der Waals surface area contributed by atoms with Crippen LogP contribution < -0.4 is 21.3 Å². The van der Waals surface area contributed by atoms with Gasteiger partial charge < -0.3 is 31.5 Å². The molecule has 276 valence electrons. The molecule has 0 spiro atoms. The first kappa shape index (κ1) is 37.2. The Hall–Kier alpha value is -6.53. The van der Waals surface area contributed by atoms with Crippen LogP contribution in [0.15, 0.2) is 107 Å². The summed E-state index contributed by atoms with van der Waals surface area (Å²) in [5, 5.41) is 32.4. The zero-order valence-corrected chi connectivity index (χ0v) is 29.8. The van der Waals surface area contributed by atoms with Crippen LogP contribution in [0.5, 0.6) is 11.5 Å². The second-order valence-corrected chi connectivity index (χ2v) is 14.9. The second-order valence-electron chi connectivity index (χ2n) is 12.1. The number of anilines is 4. The zero-order chi connectivity index (χ0) is 39.1. The van der Waals surface area contributed by atoms with Crippen LogP contribution in [0.2, 0.25) is 0 Å². The fraction of sp³-hybridized carbons (Fsp3) is 0.0541. The molecule has 0 aliphatic rings. The third kappa shape index (κ3) is 7.50. The molecule has 0 unspecified atom stereocenters. The molecule has 17 heteroatoms. The average Bonchev–Trinajstić information content (AvgIpc) is 3.11. The summed E-state index contributed by atoms with van der Waals surface area (Å²) in [6.45, 7) is 3.29. The van der Waals surface area contributed by atoms with Gasteiger partial charge in [-0.25, -0.2) is 4.79 Å². The normalized spacial score (nSPS) is 11.6. The van der Waals surface area contributed by atoms with E-state index in [1.807, 2.05) is 0 Å². The number of fused-ring (bicyclic) bond motifs is 2. The summed E-state index contributed by atoms with van der Waals surface area (Å²) in [6, 6.07) is 22.0. The van der Waals surface area contributed by atoms with E-state index in [0.29, 0.717) is 33.3 Å². The van der Waals surface area contributed by atoms with Crippen molar-refractivity contribution in [1.82, 2.24) is 0 Å². The van der Waals surface area contributed by atoms with Crippen LogP contribution in [-0.4, -0.2) is 54.0 Å². The topological polar surface area (TPSA) is 249 Å². The molecular weight excluding hydrogens is 741 g/mol. The third-order valence-electron chi connectivity index (χ3n) is 8.49. The molecule has 0 saturated carbocycles. The molecule has 4 amide bonds. The van der Waals surface area contributed by atoms with Crippen molar-refractivity contribution in [2.24, 2.45) is 0 Å². The highest BCUT2D eigenvalue weighted by molar-refractivity contribution is 7.86. The van der Waals surface area contributed by atoms with E-state index in [-0.39, 0.29) is 33.3 Å². The van der Waals surface area contributed by atoms with Gasteiger partial charge in [0.1, 0.15) is 21.3 Å². The molecule has 0 aromatic heterocycles. The van der Waals surface area contributed by atoms with Gasteiger partial charge in [0.2, 0.25) is 0 Å². The van der Waals surface area contributed by atoms with Crippen molar-refractivity contribution >= 4 is 82.4 Å². The van der Waals surface area contributed by atoms with E-state index >= 15 is 0 Å². The molecule has 0 aliphatic carbocycles. The zero-order valence-electron chi connectivity index (χ0n) is 28.2. The van der Waals surface area contributed by atoms with Gasteiger partial charge in [-0.05, 0) is 96.4 Å². The van der Waals surface area contributed by atoms with E-state index in [1.165, 1.54) is 84.9 Å². The van der Waals surface area contributed by atoms with Crippen molar-refractivity contribution in [1.29, 1.82) is 0 Å². The molecule has 6 aromatic rings. The van der Waals surface area contributed by atoms with Crippen molar-refractivity contribution < 1.29 is 50.5 Å². The van der Waals surface area contributed by atoms with Crippen LogP contribution in [0.25, 0.3) is 21.5 Å². The molecule has 0 fully saturated rings. The largest absolute Gasteiger partial charge is 0.505 e. The number of phenols is 2. The molecule has 0 heterocycles. The Morgan fingerprint density at radius 2 is 0.870 bits per heavy atom. The minimum absolute atomic E-state index is 0.0946. The Balaban J connectivity index is 1.12. The van der Waals surface area contributed by atoms with Gasteiger partial charge in [0.15, 0.2) is 0 Å². The van der Waals surface area contributed by atoms with E-state index < -0.39 is 59.4 Å². The summed E-state index contributed by atoms with van der Waals surface area (Å²) < 4.78 is 66.7. The van der Waals surface area contributed by atoms with Gasteiger partial charge >= 0.3 is 6.03 Å². The van der Waals surface area contributed by atoms with Gasteiger partial charge in [-0.3, -0.25) is 18.7 Å². The van der Waals surface area contributed by atoms with Gasteiger partial charge in [-0.15, -0.1) is 0 Å². The molecule has 8 N–H and O–H groups in total. The van der Waals surface area contributed by atoms with Gasteiger partial charge in [-0.1, -0.05) is 36.4 Å². The second kappa shape index (κ2) is 14.1. The maximum absolute atomic E-state index is 13.1.